The number of thioether (sulfide) groups is 1. The second-order valence-electron chi connectivity index (χ2n) is 7.34. The molecular formula is C24H23N3O4S2. The van der Waals surface area contributed by atoms with E-state index in [1.54, 1.807) is 31.5 Å². The number of thiocarbonyl (C=S) groups is 1. The summed E-state index contributed by atoms with van der Waals surface area (Å²) in [4.78, 5) is 32.7. The number of carbonyl (C=O) groups is 1. The van der Waals surface area contributed by atoms with E-state index in [0.29, 0.717) is 40.2 Å². The molecule has 1 fully saturated rings. The van der Waals surface area contributed by atoms with Gasteiger partial charge in [-0.05, 0) is 48.7 Å². The molecule has 1 aliphatic heterocycles. The van der Waals surface area contributed by atoms with Crippen LogP contribution in [-0.2, 0) is 16.0 Å². The average molecular weight is 482 g/mol. The van der Waals surface area contributed by atoms with Gasteiger partial charge >= 0.3 is 0 Å². The predicted octanol–water partition coefficient (Wildman–Crippen LogP) is 4.29. The Balaban J connectivity index is 1.75. The first-order valence-electron chi connectivity index (χ1n) is 10.5. The Bertz CT molecular complexity index is 1290. The van der Waals surface area contributed by atoms with Crippen LogP contribution in [0.4, 0.5) is 0 Å². The normalized spacial score (nSPS) is 15.1. The van der Waals surface area contributed by atoms with Crippen LogP contribution >= 0.6 is 24.0 Å². The summed E-state index contributed by atoms with van der Waals surface area (Å²) >= 11 is 6.55. The summed E-state index contributed by atoms with van der Waals surface area (Å²) in [6.45, 7) is 3.06. The van der Waals surface area contributed by atoms with E-state index in [1.165, 1.54) is 32.7 Å². The Morgan fingerprint density at radius 1 is 1.15 bits per heavy atom. The van der Waals surface area contributed by atoms with Gasteiger partial charge in [0.1, 0.15) is 21.3 Å². The number of methoxy groups -OCH3 is 1. The van der Waals surface area contributed by atoms with Gasteiger partial charge in [0.2, 0.25) is 5.88 Å². The maximum atomic E-state index is 13.3. The molecule has 0 radical (unpaired) electrons. The Kier molecular flexibility index (Phi) is 7.22. The van der Waals surface area contributed by atoms with Gasteiger partial charge < -0.3 is 9.47 Å². The Labute approximate surface area is 201 Å². The second-order valence-corrected chi connectivity index (χ2v) is 9.02. The van der Waals surface area contributed by atoms with Gasteiger partial charge in [0.05, 0.1) is 4.91 Å². The van der Waals surface area contributed by atoms with Gasteiger partial charge in [-0.15, -0.1) is 0 Å². The molecule has 0 unspecified atom stereocenters. The smallest absolute Gasteiger partial charge is 0.269 e. The summed E-state index contributed by atoms with van der Waals surface area (Å²) in [6, 6.07) is 12.9. The Morgan fingerprint density at radius 2 is 1.94 bits per heavy atom. The van der Waals surface area contributed by atoms with E-state index in [0.717, 1.165) is 6.42 Å². The highest BCUT2D eigenvalue weighted by atomic mass is 32.2. The molecule has 0 atom stereocenters. The minimum atomic E-state index is -0.328. The lowest BCUT2D eigenvalue weighted by Gasteiger charge is -2.13. The first kappa shape index (κ1) is 23.2. The molecule has 1 aliphatic rings. The lowest BCUT2D eigenvalue weighted by molar-refractivity contribution is -0.122. The van der Waals surface area contributed by atoms with Crippen molar-refractivity contribution < 1.29 is 14.3 Å². The molecule has 3 aromatic rings. The highest BCUT2D eigenvalue weighted by Crippen LogP contribution is 2.34. The van der Waals surface area contributed by atoms with Gasteiger partial charge in [-0.3, -0.25) is 18.9 Å². The van der Waals surface area contributed by atoms with Crippen LogP contribution in [0.3, 0.4) is 0 Å². The van der Waals surface area contributed by atoms with Crippen molar-refractivity contribution in [1.82, 2.24) is 14.3 Å². The van der Waals surface area contributed by atoms with Crippen LogP contribution in [-0.4, -0.2) is 44.8 Å². The van der Waals surface area contributed by atoms with E-state index in [9.17, 15) is 9.59 Å². The number of benzene rings is 1. The standard InChI is InChI=1S/C24H23N3O4S2/c1-3-16-8-10-17(11-9-16)31-21-18(22(28)26-12-5-4-7-20(26)25-21)15-19-23(29)27(24(32)33-19)13-6-14-30-2/h4-5,7-12,15H,3,6,13-14H2,1-2H3/b19-15+. The Morgan fingerprint density at radius 3 is 2.67 bits per heavy atom. The third kappa shape index (κ3) is 5.00. The van der Waals surface area contributed by atoms with Crippen molar-refractivity contribution in [2.75, 3.05) is 20.3 Å². The molecule has 0 bridgehead atoms. The van der Waals surface area contributed by atoms with Crippen molar-refractivity contribution in [3.05, 3.63) is 75.0 Å². The van der Waals surface area contributed by atoms with Crippen LogP contribution in [0.15, 0.2) is 58.4 Å². The van der Waals surface area contributed by atoms with E-state index in [4.69, 9.17) is 21.7 Å². The molecule has 0 saturated carbocycles. The van der Waals surface area contributed by atoms with E-state index < -0.39 is 0 Å². The highest BCUT2D eigenvalue weighted by Gasteiger charge is 2.32. The summed E-state index contributed by atoms with van der Waals surface area (Å²) in [5.74, 6) is 0.457. The minimum Gasteiger partial charge on any atom is -0.438 e. The molecule has 1 aromatic carbocycles. The van der Waals surface area contributed by atoms with Crippen molar-refractivity contribution in [3.8, 4) is 11.6 Å². The van der Waals surface area contributed by atoms with E-state index in [-0.39, 0.29) is 22.9 Å². The second kappa shape index (κ2) is 10.3. The molecule has 4 rings (SSSR count). The molecule has 2 aromatic heterocycles. The number of aryl methyl sites for hydroxylation is 1. The summed E-state index contributed by atoms with van der Waals surface area (Å²) in [6.07, 6.45) is 4.74. The van der Waals surface area contributed by atoms with Crippen LogP contribution in [0.25, 0.3) is 11.7 Å². The zero-order chi connectivity index (χ0) is 23.4. The number of nitrogens with zero attached hydrogens (tertiary/aromatic N) is 3. The fourth-order valence-corrected chi connectivity index (χ4v) is 4.67. The molecule has 3 heterocycles. The summed E-state index contributed by atoms with van der Waals surface area (Å²) in [7, 11) is 1.61. The predicted molar refractivity (Wildman–Crippen MR) is 134 cm³/mol. The molecule has 1 saturated heterocycles. The fourth-order valence-electron chi connectivity index (χ4n) is 3.38. The lowest BCUT2D eigenvalue weighted by Crippen LogP contribution is -2.29. The highest BCUT2D eigenvalue weighted by molar-refractivity contribution is 8.26. The minimum absolute atomic E-state index is 0.139. The molecule has 9 heteroatoms. The fraction of sp³-hybridized carbons (Fsp3) is 0.250. The number of hydrogen-bond acceptors (Lipinski definition) is 7. The third-order valence-electron chi connectivity index (χ3n) is 5.16. The number of fused-ring (bicyclic) bond motifs is 1. The maximum Gasteiger partial charge on any atom is 0.269 e. The number of ether oxygens (including phenoxy) is 2. The van der Waals surface area contributed by atoms with E-state index in [1.807, 2.05) is 24.3 Å². The van der Waals surface area contributed by atoms with Crippen LogP contribution in [0.5, 0.6) is 11.6 Å². The quantitative estimate of drug-likeness (QED) is 0.270. The van der Waals surface area contributed by atoms with Crippen molar-refractivity contribution in [2.45, 2.75) is 19.8 Å². The van der Waals surface area contributed by atoms with E-state index in [2.05, 4.69) is 11.9 Å². The molecule has 0 aliphatic carbocycles. The average Bonchev–Trinajstić information content (AvgIpc) is 3.09. The lowest BCUT2D eigenvalue weighted by atomic mass is 10.2. The molecule has 1 amide bonds. The van der Waals surface area contributed by atoms with E-state index >= 15 is 0 Å². The maximum absolute atomic E-state index is 13.3. The summed E-state index contributed by atoms with van der Waals surface area (Å²) in [5.41, 5.74) is 1.49. The van der Waals surface area contributed by atoms with Crippen LogP contribution in [0.2, 0.25) is 0 Å². The van der Waals surface area contributed by atoms with Crippen molar-refractivity contribution in [2.24, 2.45) is 0 Å². The number of pyridine rings is 1. The van der Waals surface area contributed by atoms with Crippen LogP contribution in [0, 0.1) is 0 Å². The van der Waals surface area contributed by atoms with Gasteiger partial charge in [-0.1, -0.05) is 49.1 Å². The van der Waals surface area contributed by atoms with Gasteiger partial charge in [-0.2, -0.15) is 4.98 Å². The number of aromatic nitrogens is 2. The largest absolute Gasteiger partial charge is 0.438 e. The molecule has 0 spiro atoms. The molecule has 0 N–H and O–H groups in total. The number of amides is 1. The zero-order valence-corrected chi connectivity index (χ0v) is 19.9. The van der Waals surface area contributed by atoms with Gasteiger partial charge in [0, 0.05) is 26.5 Å². The van der Waals surface area contributed by atoms with Crippen molar-refractivity contribution >= 4 is 45.9 Å². The number of hydrogen-bond donors (Lipinski definition) is 0. The van der Waals surface area contributed by atoms with Crippen LogP contribution in [0.1, 0.15) is 24.5 Å². The topological polar surface area (TPSA) is 73.1 Å². The molecular weight excluding hydrogens is 458 g/mol. The van der Waals surface area contributed by atoms with Crippen molar-refractivity contribution in [1.29, 1.82) is 0 Å². The number of carbonyl (C=O) groups excluding carboxylic acids is 1. The molecule has 33 heavy (non-hydrogen) atoms. The Hall–Kier alpha value is -3.01. The van der Waals surface area contributed by atoms with Crippen molar-refractivity contribution in [3.63, 3.8) is 0 Å². The van der Waals surface area contributed by atoms with Gasteiger partial charge in [0.25, 0.3) is 11.5 Å². The van der Waals surface area contributed by atoms with Gasteiger partial charge in [0.15, 0.2) is 0 Å². The van der Waals surface area contributed by atoms with Crippen LogP contribution < -0.4 is 10.3 Å². The summed E-state index contributed by atoms with van der Waals surface area (Å²) < 4.78 is 13.0. The monoisotopic (exact) mass is 481 g/mol. The van der Waals surface area contributed by atoms with Gasteiger partial charge in [-0.25, -0.2) is 0 Å². The molecule has 170 valence electrons. The zero-order valence-electron chi connectivity index (χ0n) is 18.3. The first-order valence-corrected chi connectivity index (χ1v) is 11.8. The summed E-state index contributed by atoms with van der Waals surface area (Å²) in [5, 5.41) is 0. The molecule has 7 nitrogen and oxygen atoms in total. The third-order valence-corrected chi connectivity index (χ3v) is 6.54. The SMILES string of the molecule is CCc1ccc(Oc2nc3ccccn3c(=O)c2/C=C2/SC(=S)N(CCCOC)C2=O)cc1. The first-order chi connectivity index (χ1) is 16.0. The number of rotatable bonds is 8.